The van der Waals surface area contributed by atoms with Gasteiger partial charge in [0.05, 0.1) is 79.0 Å². The Kier molecular flexibility index (Phi) is 15.0. The Hall–Kier alpha value is -7.09. The molecule has 7 aromatic rings. The summed E-state index contributed by atoms with van der Waals surface area (Å²) >= 11 is 3.49. The minimum Gasteiger partial charge on any atom is -0.493 e. The van der Waals surface area contributed by atoms with Gasteiger partial charge in [0.2, 0.25) is 0 Å². The van der Waals surface area contributed by atoms with Crippen LogP contribution in [-0.2, 0) is 28.6 Å². The van der Waals surface area contributed by atoms with Crippen LogP contribution < -0.4 is 36.6 Å². The molecule has 0 saturated carbocycles. The Balaban J connectivity index is 0.000000134. The van der Waals surface area contributed by atoms with Gasteiger partial charge in [0.15, 0.2) is 5.82 Å². The van der Waals surface area contributed by atoms with Gasteiger partial charge in [-0.25, -0.2) is 23.7 Å². The van der Waals surface area contributed by atoms with Crippen molar-refractivity contribution in [3.05, 3.63) is 147 Å². The van der Waals surface area contributed by atoms with Gasteiger partial charge in [0.25, 0.3) is 5.91 Å². The molecule has 15 nitrogen and oxygen atoms in total. The second-order valence-electron chi connectivity index (χ2n) is 18.2. The number of nitrogens with one attached hydrogen (secondary N) is 1. The van der Waals surface area contributed by atoms with E-state index in [-0.39, 0.29) is 17.0 Å². The molecule has 1 saturated heterocycles. The number of ether oxygens (including phenoxy) is 3. The van der Waals surface area contributed by atoms with Crippen LogP contribution in [0.1, 0.15) is 71.4 Å². The topological polar surface area (TPSA) is 205 Å². The van der Waals surface area contributed by atoms with Crippen LogP contribution in [0.2, 0.25) is 0 Å². The zero-order chi connectivity index (χ0) is 50.6. The highest BCUT2D eigenvalue weighted by Gasteiger charge is 2.52. The first kappa shape index (κ1) is 50.3. The van der Waals surface area contributed by atoms with Crippen LogP contribution in [0.4, 0.5) is 26.2 Å². The van der Waals surface area contributed by atoms with Crippen LogP contribution in [0.3, 0.4) is 0 Å². The van der Waals surface area contributed by atoms with Crippen LogP contribution in [0, 0.1) is 32.4 Å². The summed E-state index contributed by atoms with van der Waals surface area (Å²) in [4.78, 5) is 37.1. The molecule has 4 aromatic carbocycles. The molecule has 7 heterocycles. The van der Waals surface area contributed by atoms with Crippen LogP contribution in [0.5, 0.6) is 17.2 Å². The molecule has 71 heavy (non-hydrogen) atoms. The predicted octanol–water partition coefficient (Wildman–Crippen LogP) is 8.94. The summed E-state index contributed by atoms with van der Waals surface area (Å²) in [6.45, 7) is 16.3. The van der Waals surface area contributed by atoms with Crippen molar-refractivity contribution in [1.29, 1.82) is 0 Å². The highest BCUT2D eigenvalue weighted by molar-refractivity contribution is 9.10. The maximum atomic E-state index is 13.7. The zero-order valence-corrected chi connectivity index (χ0v) is 42.0. The lowest BCUT2D eigenvalue weighted by Gasteiger charge is -2.32. The van der Waals surface area contributed by atoms with Crippen molar-refractivity contribution in [3.8, 4) is 39.8 Å². The average molecular weight is 1030 g/mol. The van der Waals surface area contributed by atoms with Gasteiger partial charge >= 0.3 is 7.12 Å². The number of rotatable bonds is 5. The second kappa shape index (κ2) is 21.1. The minimum absolute atomic E-state index is 0.105. The quantitative estimate of drug-likeness (QED) is 0.138. The third kappa shape index (κ3) is 11.6. The van der Waals surface area contributed by atoms with Crippen molar-refractivity contribution in [2.45, 2.75) is 78.9 Å². The molecule has 4 aliphatic rings. The molecule has 0 radical (unpaired) electrons. The molecule has 5 N–H and O–H groups in total. The first-order valence-electron chi connectivity index (χ1n) is 22.9. The lowest BCUT2D eigenvalue weighted by Crippen LogP contribution is -2.41. The third-order valence-electron chi connectivity index (χ3n) is 12.5. The monoisotopic (exact) mass is 1030 g/mol. The van der Waals surface area contributed by atoms with E-state index < -0.39 is 30.2 Å². The summed E-state index contributed by atoms with van der Waals surface area (Å²) in [7, 11) is -0.474. The Morgan fingerprint density at radius 1 is 0.620 bits per heavy atom. The lowest BCUT2D eigenvalue weighted by molar-refractivity contribution is 0.00578. The molecule has 0 aliphatic carbocycles. The summed E-state index contributed by atoms with van der Waals surface area (Å²) in [5.74, 6) is 1.09. The maximum absolute atomic E-state index is 13.7. The number of anilines is 3. The van der Waals surface area contributed by atoms with Gasteiger partial charge in [-0.05, 0) is 130 Å². The number of benzene rings is 4. The highest BCUT2D eigenvalue weighted by atomic mass is 79.9. The fourth-order valence-electron chi connectivity index (χ4n) is 7.84. The SMILES string of the molecule is CC1(C)OB(c2cnc(N)cn2)OC1(C)C.Cc1cc2c(cc1-c1cnc(N)cn1)CCO2.Cc1cc2c(cc1-c1cnc(NC(=O)c3c(F)cccc3F)cn1)CCO2.Cc1cc2c(cc1Br)CCO2. The lowest BCUT2D eigenvalue weighted by atomic mass is 9.85. The van der Waals surface area contributed by atoms with Crippen molar-refractivity contribution in [2.24, 2.45) is 0 Å². The van der Waals surface area contributed by atoms with Crippen LogP contribution in [-0.4, -0.2) is 74.0 Å². The first-order chi connectivity index (χ1) is 33.9. The molecule has 0 bridgehead atoms. The molecule has 19 heteroatoms. The van der Waals surface area contributed by atoms with E-state index in [9.17, 15) is 13.6 Å². The van der Waals surface area contributed by atoms with E-state index in [0.717, 1.165) is 95.4 Å². The van der Waals surface area contributed by atoms with Crippen molar-refractivity contribution < 1.29 is 37.1 Å². The number of nitrogen functional groups attached to an aromatic ring is 2. The van der Waals surface area contributed by atoms with E-state index in [1.54, 1.807) is 18.6 Å². The summed E-state index contributed by atoms with van der Waals surface area (Å²) in [6.07, 6.45) is 12.1. The second-order valence-corrected chi connectivity index (χ2v) is 19.0. The van der Waals surface area contributed by atoms with Crippen molar-refractivity contribution in [1.82, 2.24) is 29.9 Å². The number of carbonyl (C=O) groups is 1. The number of hydrogen-bond acceptors (Lipinski definition) is 14. The molecule has 1 amide bonds. The van der Waals surface area contributed by atoms with E-state index >= 15 is 0 Å². The summed E-state index contributed by atoms with van der Waals surface area (Å²) < 4.78 is 56.7. The van der Waals surface area contributed by atoms with Gasteiger partial charge in [-0.15, -0.1) is 0 Å². The van der Waals surface area contributed by atoms with Gasteiger partial charge in [-0.1, -0.05) is 22.0 Å². The fraction of sp³-hybridized carbons (Fsp3) is 0.288. The van der Waals surface area contributed by atoms with Crippen molar-refractivity contribution in [3.63, 3.8) is 0 Å². The number of nitrogens with two attached hydrogens (primary N) is 2. The third-order valence-corrected chi connectivity index (χ3v) is 13.4. The predicted molar refractivity (Wildman–Crippen MR) is 272 cm³/mol. The summed E-state index contributed by atoms with van der Waals surface area (Å²) in [5, 5.41) is 2.36. The number of fused-ring (bicyclic) bond motifs is 3. The largest absolute Gasteiger partial charge is 0.516 e. The van der Waals surface area contributed by atoms with Crippen molar-refractivity contribution in [2.75, 3.05) is 36.6 Å². The standard InChI is InChI=1S/C20H15F2N3O2.C13H13N3O.C10H16BN3O2.C9H9BrO/c1-11-7-17-12(5-6-27-17)8-13(11)16-9-24-18(10-23-16)25-20(26)19-14(21)3-2-4-15(19)22;1-8-4-12-9(2-3-17-12)5-10(8)11-6-16-13(14)7-15-11;1-9(2)10(3,4)16-11(15-9)7-5-14-8(12)6-13-7;1-6-4-9-7(2-3-11-9)5-8(6)10/h2-4,7-10H,5-6H2,1H3,(H,24,25,26);4-7H,2-3H2,1H3,(H2,14,16);5-6H,1-4H3,(H2,12,14);4-5H,2-3H2,1H3. The smallest absolute Gasteiger partial charge is 0.493 e. The molecule has 366 valence electrons. The minimum atomic E-state index is -0.937. The van der Waals surface area contributed by atoms with E-state index in [1.807, 2.05) is 46.8 Å². The zero-order valence-electron chi connectivity index (χ0n) is 40.4. The first-order valence-corrected chi connectivity index (χ1v) is 23.7. The molecular formula is C52H53BBrF2N9O6. The number of aromatic nitrogens is 6. The highest BCUT2D eigenvalue weighted by Crippen LogP contribution is 2.37. The van der Waals surface area contributed by atoms with Gasteiger partial charge in [0.1, 0.15) is 46.1 Å². The normalized spacial score (nSPS) is 15.2. The van der Waals surface area contributed by atoms with E-state index in [0.29, 0.717) is 29.5 Å². The molecule has 11 rings (SSSR count). The maximum Gasteiger partial charge on any atom is 0.516 e. The van der Waals surface area contributed by atoms with Crippen LogP contribution in [0.15, 0.2) is 96.3 Å². The van der Waals surface area contributed by atoms with E-state index in [1.165, 1.54) is 45.8 Å². The number of aryl methyl sites for hydroxylation is 3. The number of carbonyl (C=O) groups excluding carboxylic acids is 1. The Morgan fingerprint density at radius 3 is 1.55 bits per heavy atom. The average Bonchev–Trinajstić information content (AvgIpc) is 4.14. The van der Waals surface area contributed by atoms with Crippen molar-refractivity contribution >= 4 is 52.0 Å². The van der Waals surface area contributed by atoms with Gasteiger partial charge < -0.3 is 40.3 Å². The number of amides is 1. The summed E-state index contributed by atoms with van der Waals surface area (Å²) in [6, 6.07) is 15.7. The van der Waals surface area contributed by atoms with E-state index in [2.05, 4.69) is 89.3 Å². The Bertz CT molecular complexity index is 3010. The Labute approximate surface area is 419 Å². The van der Waals surface area contributed by atoms with Crippen LogP contribution in [0.25, 0.3) is 22.5 Å². The molecule has 1 fully saturated rings. The number of hydrogen-bond donors (Lipinski definition) is 3. The molecule has 4 aliphatic heterocycles. The van der Waals surface area contributed by atoms with E-state index in [4.69, 9.17) is 35.0 Å². The number of halogens is 3. The molecular weight excluding hydrogens is 975 g/mol. The van der Waals surface area contributed by atoms with Gasteiger partial charge in [-0.2, -0.15) is 0 Å². The van der Waals surface area contributed by atoms with Gasteiger partial charge in [-0.3, -0.25) is 19.7 Å². The number of nitrogens with zero attached hydrogens (tertiary/aromatic N) is 6. The molecule has 0 spiro atoms. The fourth-order valence-corrected chi connectivity index (χ4v) is 8.23. The Morgan fingerprint density at radius 2 is 1.08 bits per heavy atom. The van der Waals surface area contributed by atoms with Crippen LogP contribution >= 0.6 is 15.9 Å². The summed E-state index contributed by atoms with van der Waals surface area (Å²) in [5.41, 5.74) is 20.9. The molecule has 0 unspecified atom stereocenters. The molecule has 3 aromatic heterocycles. The van der Waals surface area contributed by atoms with Gasteiger partial charge in [0, 0.05) is 41.1 Å². The molecule has 0 atom stereocenters.